The largest absolute Gasteiger partial charge is 0.497 e. The number of ether oxygens (including phenoxy) is 4. The Labute approximate surface area is 140 Å². The number of benzene rings is 2. The van der Waals surface area contributed by atoms with Gasteiger partial charge >= 0.3 is 0 Å². The number of aromatic nitrogens is 1. The van der Waals surface area contributed by atoms with Gasteiger partial charge in [0.2, 0.25) is 5.75 Å². The van der Waals surface area contributed by atoms with Gasteiger partial charge in [-0.1, -0.05) is 12.1 Å². The van der Waals surface area contributed by atoms with E-state index in [0.717, 1.165) is 27.8 Å². The summed E-state index contributed by atoms with van der Waals surface area (Å²) >= 11 is 0. The standard InChI is InChI=1S/C19H19NO4/c1-21-13-7-5-6-12(10-13)17-15-11-16(22-2)19(24-4)18(23-3)14(15)8-9-20-17/h5-11H,1-4H3. The quantitative estimate of drug-likeness (QED) is 0.711. The molecule has 0 aliphatic heterocycles. The second kappa shape index (κ2) is 6.66. The predicted molar refractivity (Wildman–Crippen MR) is 93.4 cm³/mol. The van der Waals surface area contributed by atoms with Crippen LogP contribution in [0.1, 0.15) is 0 Å². The smallest absolute Gasteiger partial charge is 0.203 e. The minimum absolute atomic E-state index is 0.565. The summed E-state index contributed by atoms with van der Waals surface area (Å²) in [6, 6.07) is 11.6. The maximum absolute atomic E-state index is 5.57. The summed E-state index contributed by atoms with van der Waals surface area (Å²) in [5, 5.41) is 1.82. The van der Waals surface area contributed by atoms with Gasteiger partial charge in [-0.25, -0.2) is 0 Å². The van der Waals surface area contributed by atoms with Crippen molar-refractivity contribution in [1.29, 1.82) is 0 Å². The molecule has 0 saturated heterocycles. The molecule has 5 nitrogen and oxygen atoms in total. The minimum atomic E-state index is 0.565. The Balaban J connectivity index is 2.34. The molecular formula is C19H19NO4. The molecule has 0 unspecified atom stereocenters. The zero-order valence-corrected chi connectivity index (χ0v) is 14.1. The third-order valence-electron chi connectivity index (χ3n) is 3.91. The van der Waals surface area contributed by atoms with Crippen LogP contribution >= 0.6 is 0 Å². The van der Waals surface area contributed by atoms with Crippen LogP contribution < -0.4 is 18.9 Å². The van der Waals surface area contributed by atoms with Gasteiger partial charge in [0.15, 0.2) is 11.5 Å². The van der Waals surface area contributed by atoms with E-state index in [9.17, 15) is 0 Å². The van der Waals surface area contributed by atoms with Gasteiger partial charge in [-0.05, 0) is 24.3 Å². The monoisotopic (exact) mass is 325 g/mol. The Hall–Kier alpha value is -2.95. The van der Waals surface area contributed by atoms with E-state index in [0.29, 0.717) is 17.2 Å². The van der Waals surface area contributed by atoms with E-state index >= 15 is 0 Å². The van der Waals surface area contributed by atoms with E-state index in [-0.39, 0.29) is 0 Å². The number of methoxy groups -OCH3 is 4. The molecular weight excluding hydrogens is 306 g/mol. The van der Waals surface area contributed by atoms with Crippen LogP contribution in [0, 0.1) is 0 Å². The maximum atomic E-state index is 5.57. The fourth-order valence-corrected chi connectivity index (χ4v) is 2.80. The first-order valence-electron chi connectivity index (χ1n) is 7.45. The molecule has 124 valence electrons. The van der Waals surface area contributed by atoms with E-state index in [1.165, 1.54) is 0 Å². The van der Waals surface area contributed by atoms with Crippen molar-refractivity contribution in [2.45, 2.75) is 0 Å². The van der Waals surface area contributed by atoms with Crippen molar-refractivity contribution < 1.29 is 18.9 Å². The molecule has 0 N–H and O–H groups in total. The molecule has 1 heterocycles. The van der Waals surface area contributed by atoms with E-state index in [1.54, 1.807) is 34.6 Å². The van der Waals surface area contributed by atoms with Gasteiger partial charge in [-0.2, -0.15) is 0 Å². The first kappa shape index (κ1) is 15.9. The molecule has 1 aromatic heterocycles. The van der Waals surface area contributed by atoms with Gasteiger partial charge in [0.05, 0.1) is 34.1 Å². The summed E-state index contributed by atoms with van der Waals surface area (Å²) in [4.78, 5) is 4.55. The van der Waals surface area contributed by atoms with Crippen LogP contribution in [0.2, 0.25) is 0 Å². The second-order valence-corrected chi connectivity index (χ2v) is 5.13. The Morgan fingerprint density at radius 2 is 1.54 bits per heavy atom. The summed E-state index contributed by atoms with van der Waals surface area (Å²) in [5.74, 6) is 2.56. The van der Waals surface area contributed by atoms with Crippen LogP contribution in [0.15, 0.2) is 42.6 Å². The van der Waals surface area contributed by atoms with Gasteiger partial charge in [-0.3, -0.25) is 4.98 Å². The molecule has 0 aliphatic carbocycles. The number of hydrogen-bond acceptors (Lipinski definition) is 5. The summed E-state index contributed by atoms with van der Waals surface area (Å²) in [5.41, 5.74) is 1.78. The lowest BCUT2D eigenvalue weighted by atomic mass is 10.0. The normalized spacial score (nSPS) is 10.5. The zero-order chi connectivity index (χ0) is 17.1. The molecule has 24 heavy (non-hydrogen) atoms. The van der Waals surface area contributed by atoms with E-state index < -0.39 is 0 Å². The Kier molecular flexibility index (Phi) is 4.42. The zero-order valence-electron chi connectivity index (χ0n) is 14.1. The molecule has 0 radical (unpaired) electrons. The highest BCUT2D eigenvalue weighted by atomic mass is 16.5. The lowest BCUT2D eigenvalue weighted by molar-refractivity contribution is 0.327. The highest BCUT2D eigenvalue weighted by Crippen LogP contribution is 2.45. The van der Waals surface area contributed by atoms with Gasteiger partial charge in [-0.15, -0.1) is 0 Å². The SMILES string of the molecule is COc1cccc(-c2nccc3c(OC)c(OC)c(OC)cc23)c1. The van der Waals surface area contributed by atoms with Crippen molar-refractivity contribution in [1.82, 2.24) is 4.98 Å². The van der Waals surface area contributed by atoms with Crippen LogP contribution in [0.5, 0.6) is 23.0 Å². The molecule has 0 spiro atoms. The molecule has 0 atom stereocenters. The van der Waals surface area contributed by atoms with Crippen LogP contribution in [0.4, 0.5) is 0 Å². The van der Waals surface area contributed by atoms with Crippen molar-refractivity contribution >= 4 is 10.8 Å². The summed E-state index contributed by atoms with van der Waals surface area (Å²) in [6.07, 6.45) is 1.76. The average molecular weight is 325 g/mol. The molecule has 0 bridgehead atoms. The van der Waals surface area contributed by atoms with E-state index in [2.05, 4.69) is 4.98 Å². The van der Waals surface area contributed by atoms with Crippen LogP contribution in [-0.4, -0.2) is 33.4 Å². The Morgan fingerprint density at radius 1 is 0.750 bits per heavy atom. The van der Waals surface area contributed by atoms with Crippen LogP contribution in [-0.2, 0) is 0 Å². The molecule has 3 aromatic rings. The Morgan fingerprint density at radius 3 is 2.21 bits per heavy atom. The van der Waals surface area contributed by atoms with Crippen molar-refractivity contribution in [3.05, 3.63) is 42.6 Å². The third-order valence-corrected chi connectivity index (χ3v) is 3.91. The number of nitrogens with zero attached hydrogens (tertiary/aromatic N) is 1. The molecule has 2 aromatic carbocycles. The van der Waals surface area contributed by atoms with Gasteiger partial charge in [0.25, 0.3) is 0 Å². The predicted octanol–water partition coefficient (Wildman–Crippen LogP) is 3.94. The van der Waals surface area contributed by atoms with E-state index in [1.807, 2.05) is 36.4 Å². The Bertz CT molecular complexity index is 877. The lowest BCUT2D eigenvalue weighted by Gasteiger charge is -2.16. The fraction of sp³-hybridized carbons (Fsp3) is 0.211. The first-order chi connectivity index (χ1) is 11.7. The van der Waals surface area contributed by atoms with Crippen molar-refractivity contribution in [2.24, 2.45) is 0 Å². The van der Waals surface area contributed by atoms with Crippen molar-refractivity contribution in [3.63, 3.8) is 0 Å². The molecule has 0 saturated carbocycles. The summed E-state index contributed by atoms with van der Waals surface area (Å²) in [7, 11) is 6.45. The topological polar surface area (TPSA) is 49.8 Å². The summed E-state index contributed by atoms with van der Waals surface area (Å²) < 4.78 is 21.8. The third kappa shape index (κ3) is 2.58. The van der Waals surface area contributed by atoms with Gasteiger partial charge in [0.1, 0.15) is 5.75 Å². The lowest BCUT2D eigenvalue weighted by Crippen LogP contribution is -1.97. The highest BCUT2D eigenvalue weighted by Gasteiger charge is 2.18. The molecule has 5 heteroatoms. The average Bonchev–Trinajstić information content (AvgIpc) is 2.65. The highest BCUT2D eigenvalue weighted by molar-refractivity contribution is 6.01. The maximum Gasteiger partial charge on any atom is 0.203 e. The number of rotatable bonds is 5. The minimum Gasteiger partial charge on any atom is -0.497 e. The second-order valence-electron chi connectivity index (χ2n) is 5.13. The van der Waals surface area contributed by atoms with E-state index in [4.69, 9.17) is 18.9 Å². The molecule has 0 amide bonds. The number of fused-ring (bicyclic) bond motifs is 1. The molecule has 0 aliphatic rings. The summed E-state index contributed by atoms with van der Waals surface area (Å²) in [6.45, 7) is 0. The molecule has 0 fully saturated rings. The first-order valence-corrected chi connectivity index (χ1v) is 7.45. The van der Waals surface area contributed by atoms with Crippen LogP contribution in [0.25, 0.3) is 22.0 Å². The van der Waals surface area contributed by atoms with Crippen LogP contribution in [0.3, 0.4) is 0 Å². The number of pyridine rings is 1. The van der Waals surface area contributed by atoms with Crippen molar-refractivity contribution in [3.8, 4) is 34.3 Å². The molecule has 3 rings (SSSR count). The fourth-order valence-electron chi connectivity index (χ4n) is 2.80. The number of hydrogen-bond donors (Lipinski definition) is 0. The van der Waals surface area contributed by atoms with Crippen molar-refractivity contribution in [2.75, 3.05) is 28.4 Å². The van der Waals surface area contributed by atoms with Gasteiger partial charge in [0, 0.05) is 22.5 Å². The van der Waals surface area contributed by atoms with Gasteiger partial charge < -0.3 is 18.9 Å².